The predicted octanol–water partition coefficient (Wildman–Crippen LogP) is 4.40. The van der Waals surface area contributed by atoms with Crippen LogP contribution < -0.4 is 5.73 Å². The van der Waals surface area contributed by atoms with E-state index in [4.69, 9.17) is 19.9 Å². The zero-order valence-electron chi connectivity index (χ0n) is 20.1. The van der Waals surface area contributed by atoms with Gasteiger partial charge in [0.1, 0.15) is 22.9 Å². The van der Waals surface area contributed by atoms with Gasteiger partial charge in [0.2, 0.25) is 0 Å². The van der Waals surface area contributed by atoms with Crippen molar-refractivity contribution in [3.05, 3.63) is 11.7 Å². The number of carbonyl (C=O) groups is 3. The summed E-state index contributed by atoms with van der Waals surface area (Å²) in [6.07, 6.45) is -3.91. The van der Waals surface area contributed by atoms with Crippen molar-refractivity contribution >= 4 is 24.0 Å². The molecule has 0 heterocycles. The van der Waals surface area contributed by atoms with Crippen LogP contribution >= 0.6 is 0 Å². The number of rotatable bonds is 8. The number of nitrogens with zero attached hydrogens (tertiary/aromatic N) is 2. The average Bonchev–Trinajstić information content (AvgIpc) is 2.57. The Labute approximate surface area is 187 Å². The van der Waals surface area contributed by atoms with Crippen molar-refractivity contribution in [2.45, 2.75) is 85.5 Å². The minimum absolute atomic E-state index is 0.118. The lowest BCUT2D eigenvalue weighted by molar-refractivity contribution is -0.149. The number of ether oxygens (including phenoxy) is 3. The average molecular weight is 464 g/mol. The van der Waals surface area contributed by atoms with Gasteiger partial charge in [-0.25, -0.2) is 23.2 Å². The summed E-state index contributed by atoms with van der Waals surface area (Å²) in [6.45, 7) is 12.0. The van der Waals surface area contributed by atoms with Crippen LogP contribution in [-0.4, -0.2) is 59.3 Å². The van der Waals surface area contributed by atoms with E-state index < -0.39 is 59.9 Å². The molecule has 0 radical (unpaired) electrons. The van der Waals surface area contributed by atoms with Crippen LogP contribution in [0, 0.1) is 0 Å². The summed E-state index contributed by atoms with van der Waals surface area (Å²) in [5, 5.41) is 0. The number of hydrogen-bond donors (Lipinski definition) is 1. The summed E-state index contributed by atoms with van der Waals surface area (Å²) in [6, 6.07) is -1.86. The van der Waals surface area contributed by atoms with E-state index in [1.165, 1.54) is 55.4 Å². The smallest absolute Gasteiger partial charge is 0.420 e. The molecule has 0 fully saturated rings. The first-order chi connectivity index (χ1) is 14.5. The minimum Gasteiger partial charge on any atom is -0.464 e. The summed E-state index contributed by atoms with van der Waals surface area (Å²) in [5.74, 6) is -3.46. The van der Waals surface area contributed by atoms with Gasteiger partial charge in [0.05, 0.1) is 12.4 Å². The summed E-state index contributed by atoms with van der Waals surface area (Å²) in [5.41, 5.74) is 3.27. The molecule has 1 atom stereocenters. The molecule has 0 saturated heterocycles. The molecular weight excluding hydrogens is 428 g/mol. The number of nitrogens with two attached hydrogens (primary N) is 1. The van der Waals surface area contributed by atoms with Gasteiger partial charge >= 0.3 is 18.2 Å². The van der Waals surface area contributed by atoms with Gasteiger partial charge in [-0.05, 0) is 55.4 Å². The number of imide groups is 1. The minimum atomic E-state index is -1.86. The Kier molecular flexibility index (Phi) is 11.3. The number of carbonyl (C=O) groups excluding carboxylic acids is 3. The molecule has 0 aliphatic rings. The van der Waals surface area contributed by atoms with Crippen LogP contribution in [0.15, 0.2) is 16.6 Å². The molecule has 0 aromatic heterocycles. The molecule has 0 aromatic carbocycles. The Morgan fingerprint density at radius 2 is 1.44 bits per heavy atom. The summed E-state index contributed by atoms with van der Waals surface area (Å²) in [4.78, 5) is 42.2. The highest BCUT2D eigenvalue weighted by atomic mass is 19.2. The van der Waals surface area contributed by atoms with Crippen LogP contribution in [0.3, 0.4) is 0 Å². The van der Waals surface area contributed by atoms with Gasteiger partial charge in [-0.15, -0.1) is 0 Å². The van der Waals surface area contributed by atoms with Gasteiger partial charge in [-0.3, -0.25) is 4.99 Å². The van der Waals surface area contributed by atoms with Crippen LogP contribution in [0.25, 0.3) is 0 Å². The van der Waals surface area contributed by atoms with Crippen LogP contribution in [0.5, 0.6) is 0 Å². The maximum atomic E-state index is 14.6. The molecule has 0 rings (SSSR count). The molecule has 9 nitrogen and oxygen atoms in total. The van der Waals surface area contributed by atoms with Crippen molar-refractivity contribution in [1.82, 2.24) is 4.90 Å². The third-order valence-corrected chi connectivity index (χ3v) is 3.41. The van der Waals surface area contributed by atoms with Crippen molar-refractivity contribution in [3.8, 4) is 0 Å². The summed E-state index contributed by atoms with van der Waals surface area (Å²) < 4.78 is 44.2. The Balaban J connectivity index is 6.15. The van der Waals surface area contributed by atoms with Gasteiger partial charge in [-0.2, -0.15) is 4.90 Å². The summed E-state index contributed by atoms with van der Waals surface area (Å²) >= 11 is 0. The Morgan fingerprint density at radius 3 is 1.81 bits per heavy atom. The third kappa shape index (κ3) is 11.6. The first-order valence-corrected chi connectivity index (χ1v) is 10.2. The van der Waals surface area contributed by atoms with Crippen LogP contribution in [-0.2, 0) is 19.0 Å². The van der Waals surface area contributed by atoms with Crippen molar-refractivity contribution in [2.24, 2.45) is 10.7 Å². The number of esters is 1. The second-order valence-corrected chi connectivity index (χ2v) is 8.89. The van der Waals surface area contributed by atoms with Gasteiger partial charge in [0.25, 0.3) is 0 Å². The maximum absolute atomic E-state index is 14.6. The van der Waals surface area contributed by atoms with E-state index in [2.05, 4.69) is 4.99 Å². The highest BCUT2D eigenvalue weighted by Gasteiger charge is 2.42. The molecule has 0 spiro atoms. The van der Waals surface area contributed by atoms with Gasteiger partial charge < -0.3 is 19.9 Å². The van der Waals surface area contributed by atoms with Gasteiger partial charge in [0.15, 0.2) is 6.04 Å². The van der Waals surface area contributed by atoms with E-state index in [1.54, 1.807) is 0 Å². The Hall–Kier alpha value is -2.72. The number of halogens is 2. The second kappa shape index (κ2) is 12.4. The highest BCUT2D eigenvalue weighted by molar-refractivity contribution is 5.94. The fourth-order valence-corrected chi connectivity index (χ4v) is 2.22. The Morgan fingerprint density at radius 1 is 0.969 bits per heavy atom. The predicted molar refractivity (Wildman–Crippen MR) is 115 cm³/mol. The molecular formula is C21H35F2N3O6. The van der Waals surface area contributed by atoms with E-state index in [-0.39, 0.29) is 19.0 Å². The van der Waals surface area contributed by atoms with Crippen molar-refractivity contribution in [1.29, 1.82) is 0 Å². The van der Waals surface area contributed by atoms with Crippen LogP contribution in [0.1, 0.15) is 68.2 Å². The number of aliphatic imine (C=N–C) groups is 1. The van der Waals surface area contributed by atoms with E-state index in [0.29, 0.717) is 4.90 Å². The molecule has 0 aromatic rings. The molecule has 2 amide bonds. The maximum Gasteiger partial charge on any atom is 0.420 e. The standard InChI is InChI=1S/C21H35F2N3O6/c1-9-30-17(27)16(12-15(23)14(22)10-11-25-13(2)24)26(18(28)31-20(3,4)5)19(29)32-21(6,7)8/h16H,9-12H2,1-8H3,(H2,24,25)/b15-14+. The lowest BCUT2D eigenvalue weighted by Gasteiger charge is -2.32. The van der Waals surface area contributed by atoms with E-state index >= 15 is 0 Å². The molecule has 0 bridgehead atoms. The number of amides is 2. The van der Waals surface area contributed by atoms with Crippen LogP contribution in [0.4, 0.5) is 18.4 Å². The normalized spacial score (nSPS) is 14.2. The molecule has 0 saturated carbocycles. The molecule has 2 N–H and O–H groups in total. The van der Waals surface area contributed by atoms with Crippen molar-refractivity contribution in [2.75, 3.05) is 13.2 Å². The molecule has 11 heteroatoms. The quantitative estimate of drug-likeness (QED) is 0.245. The molecule has 0 aliphatic heterocycles. The zero-order valence-corrected chi connectivity index (χ0v) is 20.1. The molecule has 1 unspecified atom stereocenters. The van der Waals surface area contributed by atoms with Crippen molar-refractivity contribution in [3.63, 3.8) is 0 Å². The second-order valence-electron chi connectivity index (χ2n) is 8.89. The first-order valence-electron chi connectivity index (χ1n) is 10.2. The fraction of sp³-hybridized carbons (Fsp3) is 0.714. The fourth-order valence-electron chi connectivity index (χ4n) is 2.22. The zero-order chi connectivity index (χ0) is 25.3. The largest absolute Gasteiger partial charge is 0.464 e. The lowest BCUT2D eigenvalue weighted by atomic mass is 10.1. The van der Waals surface area contributed by atoms with Gasteiger partial charge in [0, 0.05) is 19.4 Å². The topological polar surface area (TPSA) is 121 Å². The third-order valence-electron chi connectivity index (χ3n) is 3.41. The summed E-state index contributed by atoms with van der Waals surface area (Å²) in [7, 11) is 0. The molecule has 32 heavy (non-hydrogen) atoms. The molecule has 0 aliphatic carbocycles. The lowest BCUT2D eigenvalue weighted by Crippen LogP contribution is -2.52. The Bertz CT molecular complexity index is 707. The first kappa shape index (κ1) is 29.3. The number of amidine groups is 1. The van der Waals surface area contributed by atoms with Crippen LogP contribution in [0.2, 0.25) is 0 Å². The monoisotopic (exact) mass is 463 g/mol. The van der Waals surface area contributed by atoms with E-state index in [1.807, 2.05) is 0 Å². The van der Waals surface area contributed by atoms with E-state index in [9.17, 15) is 23.2 Å². The van der Waals surface area contributed by atoms with E-state index in [0.717, 1.165) is 0 Å². The number of hydrogen-bond acceptors (Lipinski definition) is 7. The molecule has 184 valence electrons. The van der Waals surface area contributed by atoms with Gasteiger partial charge in [-0.1, -0.05) is 0 Å². The highest BCUT2D eigenvalue weighted by Crippen LogP contribution is 2.24. The van der Waals surface area contributed by atoms with Crippen molar-refractivity contribution < 1.29 is 37.4 Å². The SMILES string of the molecule is CCOC(=O)C(C/C(F)=C(\F)CCN=C(C)N)N(C(=O)OC(C)(C)C)C(=O)OC(C)(C)C.